The fraction of sp³-hybridized carbons (Fsp3) is 0.294. The van der Waals surface area contributed by atoms with Gasteiger partial charge in [0, 0.05) is 18.8 Å². The van der Waals surface area contributed by atoms with Crippen molar-refractivity contribution >= 4 is 45.9 Å². The average molecular weight is 409 g/mol. The molecular weight excluding hydrogens is 390 g/mol. The molecule has 0 saturated carbocycles. The number of aromatic nitrogens is 1. The van der Waals surface area contributed by atoms with Gasteiger partial charge in [-0.2, -0.15) is 0 Å². The van der Waals surface area contributed by atoms with Crippen molar-refractivity contribution in [3.05, 3.63) is 39.9 Å². The normalized spacial score (nSPS) is 10.3. The molecule has 8 nitrogen and oxygen atoms in total. The molecule has 0 aliphatic heterocycles. The molecule has 10 heteroatoms. The Morgan fingerprint density at radius 2 is 2.04 bits per heavy atom. The summed E-state index contributed by atoms with van der Waals surface area (Å²) >= 11 is 2.25. The zero-order chi connectivity index (χ0) is 20.0. The molecule has 2 rings (SSSR count). The van der Waals surface area contributed by atoms with E-state index in [-0.39, 0.29) is 34.2 Å². The molecule has 0 radical (unpaired) electrons. The molecular formula is C17H19N3O5S2. The maximum Gasteiger partial charge on any atom is 0.341 e. The summed E-state index contributed by atoms with van der Waals surface area (Å²) in [7, 11) is 1.46. The van der Waals surface area contributed by atoms with Crippen molar-refractivity contribution in [3.63, 3.8) is 0 Å². The van der Waals surface area contributed by atoms with Crippen molar-refractivity contribution in [1.82, 2.24) is 10.3 Å². The number of hydrogen-bond donors (Lipinski definition) is 2. The first kappa shape index (κ1) is 20.7. The number of thioether (sulfide) groups is 1. The molecule has 0 unspecified atom stereocenters. The molecule has 3 N–H and O–H groups in total. The van der Waals surface area contributed by atoms with Gasteiger partial charge in [-0.3, -0.25) is 4.79 Å². The molecule has 0 aliphatic rings. The van der Waals surface area contributed by atoms with Crippen LogP contribution >= 0.6 is 23.1 Å². The van der Waals surface area contributed by atoms with Gasteiger partial charge in [-0.05, 0) is 25.3 Å². The number of nitrogens with zero attached hydrogens (tertiary/aromatic N) is 1. The summed E-state index contributed by atoms with van der Waals surface area (Å²) in [5.74, 6) is -1.71. The summed E-state index contributed by atoms with van der Waals surface area (Å²) in [6.45, 7) is 1.51. The molecule has 0 aliphatic carbocycles. The number of nitrogen functional groups attached to an aromatic ring is 1. The third kappa shape index (κ3) is 4.58. The van der Waals surface area contributed by atoms with E-state index >= 15 is 0 Å². The topological polar surface area (TPSA) is 121 Å². The highest BCUT2D eigenvalue weighted by molar-refractivity contribution is 7.98. The van der Waals surface area contributed by atoms with E-state index in [0.29, 0.717) is 10.6 Å². The lowest BCUT2D eigenvalue weighted by Crippen LogP contribution is -2.20. The Morgan fingerprint density at radius 1 is 1.30 bits per heavy atom. The quantitative estimate of drug-likeness (QED) is 0.528. The first-order chi connectivity index (χ1) is 12.9. The fourth-order valence-electron chi connectivity index (χ4n) is 2.27. The van der Waals surface area contributed by atoms with Crippen LogP contribution < -0.4 is 11.1 Å². The van der Waals surface area contributed by atoms with Gasteiger partial charge in [0.1, 0.15) is 27.1 Å². The van der Waals surface area contributed by atoms with Gasteiger partial charge >= 0.3 is 11.9 Å². The highest BCUT2D eigenvalue weighted by Gasteiger charge is 2.27. The summed E-state index contributed by atoms with van der Waals surface area (Å²) in [6.07, 6.45) is 3.37. The first-order valence-corrected chi connectivity index (χ1v) is 9.95. The number of pyridine rings is 1. The SMILES string of the molecule is CCOC(=O)c1c(N)sc(C(=O)NC)c1COC(=O)c1cccnc1SC. The van der Waals surface area contributed by atoms with E-state index in [4.69, 9.17) is 15.2 Å². The van der Waals surface area contributed by atoms with E-state index < -0.39 is 17.8 Å². The van der Waals surface area contributed by atoms with E-state index in [2.05, 4.69) is 10.3 Å². The van der Waals surface area contributed by atoms with Crippen LogP contribution in [0.1, 0.15) is 42.9 Å². The Kier molecular flexibility index (Phi) is 7.19. The molecule has 0 fully saturated rings. The van der Waals surface area contributed by atoms with Crippen LogP contribution in [0, 0.1) is 0 Å². The lowest BCUT2D eigenvalue weighted by Gasteiger charge is -2.10. The van der Waals surface area contributed by atoms with E-state index in [0.717, 1.165) is 11.3 Å². The van der Waals surface area contributed by atoms with E-state index in [9.17, 15) is 14.4 Å². The third-order valence-corrected chi connectivity index (χ3v) is 5.25. The Balaban J connectivity index is 2.34. The van der Waals surface area contributed by atoms with Gasteiger partial charge in [-0.15, -0.1) is 23.1 Å². The minimum Gasteiger partial charge on any atom is -0.462 e. The van der Waals surface area contributed by atoms with Gasteiger partial charge in [0.15, 0.2) is 0 Å². The third-order valence-electron chi connectivity index (χ3n) is 3.48. The van der Waals surface area contributed by atoms with Crippen LogP contribution in [0.3, 0.4) is 0 Å². The van der Waals surface area contributed by atoms with E-state index in [1.807, 2.05) is 0 Å². The maximum absolute atomic E-state index is 12.4. The van der Waals surface area contributed by atoms with Crippen LogP contribution in [0.15, 0.2) is 23.4 Å². The van der Waals surface area contributed by atoms with E-state index in [1.165, 1.54) is 18.8 Å². The van der Waals surface area contributed by atoms with Crippen molar-refractivity contribution in [3.8, 4) is 0 Å². The number of carbonyl (C=O) groups is 3. The lowest BCUT2D eigenvalue weighted by atomic mass is 10.1. The Morgan fingerprint density at radius 3 is 2.67 bits per heavy atom. The van der Waals surface area contributed by atoms with Gasteiger partial charge in [0.25, 0.3) is 5.91 Å². The first-order valence-electron chi connectivity index (χ1n) is 7.91. The van der Waals surface area contributed by atoms with Crippen LogP contribution in [0.2, 0.25) is 0 Å². The van der Waals surface area contributed by atoms with Crippen LogP contribution in [0.4, 0.5) is 5.00 Å². The zero-order valence-corrected chi connectivity index (χ0v) is 16.7. The maximum atomic E-state index is 12.4. The van der Waals surface area contributed by atoms with Gasteiger partial charge in [-0.1, -0.05) is 0 Å². The van der Waals surface area contributed by atoms with Gasteiger partial charge in [0.05, 0.1) is 12.2 Å². The molecule has 0 bridgehead atoms. The molecule has 2 aromatic heterocycles. The number of carbonyl (C=O) groups excluding carboxylic acids is 3. The minimum absolute atomic E-state index is 0.0459. The van der Waals surface area contributed by atoms with Crippen molar-refractivity contribution in [1.29, 1.82) is 0 Å². The minimum atomic E-state index is -0.668. The summed E-state index contributed by atoms with van der Waals surface area (Å²) in [5.41, 5.74) is 6.48. The summed E-state index contributed by atoms with van der Waals surface area (Å²) in [6, 6.07) is 3.22. The number of ether oxygens (including phenoxy) is 2. The van der Waals surface area contributed by atoms with Crippen LogP contribution in [-0.4, -0.2) is 42.7 Å². The van der Waals surface area contributed by atoms with Gasteiger partial charge in [0.2, 0.25) is 0 Å². The molecule has 144 valence electrons. The number of nitrogens with two attached hydrogens (primary N) is 1. The molecule has 2 aromatic rings. The number of esters is 2. The van der Waals surface area contributed by atoms with E-state index in [1.54, 1.807) is 31.5 Å². The number of thiophene rings is 1. The lowest BCUT2D eigenvalue weighted by molar-refractivity contribution is 0.0445. The zero-order valence-electron chi connectivity index (χ0n) is 15.0. The number of amides is 1. The summed E-state index contributed by atoms with van der Waals surface area (Å²) in [5, 5.41) is 3.13. The Bertz CT molecular complexity index is 866. The highest BCUT2D eigenvalue weighted by atomic mass is 32.2. The van der Waals surface area contributed by atoms with Crippen molar-refractivity contribution < 1.29 is 23.9 Å². The molecule has 27 heavy (non-hydrogen) atoms. The predicted molar refractivity (Wildman–Crippen MR) is 103 cm³/mol. The van der Waals surface area contributed by atoms with Gasteiger partial charge < -0.3 is 20.5 Å². The number of nitrogens with one attached hydrogen (secondary N) is 1. The Hall–Kier alpha value is -2.59. The number of rotatable bonds is 7. The van der Waals surface area contributed by atoms with Crippen molar-refractivity contribution in [2.24, 2.45) is 0 Å². The molecule has 1 amide bonds. The molecule has 2 heterocycles. The Labute approximate surface area is 164 Å². The monoisotopic (exact) mass is 409 g/mol. The average Bonchev–Trinajstić information content (AvgIpc) is 3.01. The fourth-order valence-corrected chi connectivity index (χ4v) is 3.82. The van der Waals surface area contributed by atoms with Crippen LogP contribution in [0.25, 0.3) is 0 Å². The standard InChI is InChI=1S/C17H19N3O5S2/c1-4-24-17(23)11-10(12(14(21)19-2)27-13(11)18)8-25-16(22)9-6-5-7-20-15(9)26-3/h5-7H,4,8,18H2,1-3H3,(H,19,21). The predicted octanol–water partition coefficient (Wildman–Crippen LogP) is 2.34. The number of anilines is 1. The molecule has 0 aromatic carbocycles. The number of hydrogen-bond acceptors (Lipinski definition) is 9. The second-order valence-electron chi connectivity index (χ2n) is 5.08. The summed E-state index contributed by atoms with van der Waals surface area (Å²) < 4.78 is 10.4. The van der Waals surface area contributed by atoms with Crippen molar-refractivity contribution in [2.75, 3.05) is 25.6 Å². The molecule has 0 spiro atoms. The largest absolute Gasteiger partial charge is 0.462 e. The van der Waals surface area contributed by atoms with Gasteiger partial charge in [-0.25, -0.2) is 14.6 Å². The smallest absolute Gasteiger partial charge is 0.341 e. The summed E-state index contributed by atoms with van der Waals surface area (Å²) in [4.78, 5) is 41.1. The molecule has 0 atom stereocenters. The van der Waals surface area contributed by atoms with Crippen molar-refractivity contribution in [2.45, 2.75) is 18.6 Å². The molecule has 0 saturated heterocycles. The second kappa shape index (κ2) is 9.38. The highest BCUT2D eigenvalue weighted by Crippen LogP contribution is 2.33. The second-order valence-corrected chi connectivity index (χ2v) is 6.93. The van der Waals surface area contributed by atoms with Crippen LogP contribution in [-0.2, 0) is 16.1 Å². The van der Waals surface area contributed by atoms with Crippen LogP contribution in [0.5, 0.6) is 0 Å².